The zero-order chi connectivity index (χ0) is 17.5. The van der Waals surface area contributed by atoms with Gasteiger partial charge in [-0.3, -0.25) is 9.59 Å². The van der Waals surface area contributed by atoms with E-state index in [2.05, 4.69) is 5.32 Å². The monoisotopic (exact) mass is 348 g/mol. The lowest BCUT2D eigenvalue weighted by Crippen LogP contribution is -2.45. The molecule has 2 amide bonds. The van der Waals surface area contributed by atoms with E-state index in [1.165, 1.54) is 43.3 Å². The van der Waals surface area contributed by atoms with Crippen molar-refractivity contribution in [3.63, 3.8) is 0 Å². The Kier molecular flexibility index (Phi) is 3.84. The maximum atomic E-state index is 13.6. The Morgan fingerprint density at radius 1 is 1.12 bits per heavy atom. The summed E-state index contributed by atoms with van der Waals surface area (Å²) >= 11 is 0. The van der Waals surface area contributed by atoms with Crippen LogP contribution in [0.3, 0.4) is 0 Å². The number of anilines is 1. The van der Waals surface area contributed by atoms with Gasteiger partial charge in [-0.05, 0) is 31.2 Å². The van der Waals surface area contributed by atoms with E-state index in [0.717, 1.165) is 6.07 Å². The highest BCUT2D eigenvalue weighted by Crippen LogP contribution is 2.31. The first-order valence-electron chi connectivity index (χ1n) is 7.07. The Bertz CT molecular complexity index is 943. The minimum Gasteiger partial charge on any atom is -0.322 e. The minimum atomic E-state index is -4.11. The predicted octanol–water partition coefficient (Wildman–Crippen LogP) is 2.00. The smallest absolute Gasteiger partial charge is 0.269 e. The molecule has 0 aromatic heterocycles. The Morgan fingerprint density at radius 2 is 1.75 bits per heavy atom. The van der Waals surface area contributed by atoms with Crippen LogP contribution in [0.2, 0.25) is 0 Å². The van der Waals surface area contributed by atoms with Crippen LogP contribution in [0.5, 0.6) is 0 Å². The molecule has 6 nitrogen and oxygen atoms in total. The SMILES string of the molecule is C[C@@H](C(=O)Nc1ccccc1F)N1C(=O)c2ccccc2S1(=O)=O. The van der Waals surface area contributed by atoms with E-state index in [1.807, 2.05) is 0 Å². The maximum Gasteiger partial charge on any atom is 0.269 e. The minimum absolute atomic E-state index is 0.0167. The number of amides is 2. The van der Waals surface area contributed by atoms with Gasteiger partial charge in [-0.2, -0.15) is 0 Å². The lowest BCUT2D eigenvalue weighted by atomic mass is 10.2. The van der Waals surface area contributed by atoms with Crippen molar-refractivity contribution in [2.45, 2.75) is 17.9 Å². The van der Waals surface area contributed by atoms with Crippen LogP contribution in [0, 0.1) is 5.82 Å². The van der Waals surface area contributed by atoms with Gasteiger partial charge in [-0.1, -0.05) is 24.3 Å². The third-order valence-electron chi connectivity index (χ3n) is 3.72. The Balaban J connectivity index is 1.91. The highest BCUT2D eigenvalue weighted by Gasteiger charge is 2.45. The van der Waals surface area contributed by atoms with Crippen LogP contribution in [0.1, 0.15) is 17.3 Å². The summed E-state index contributed by atoms with van der Waals surface area (Å²) in [4.78, 5) is 24.5. The van der Waals surface area contributed by atoms with Crippen LogP contribution in [0.15, 0.2) is 53.4 Å². The van der Waals surface area contributed by atoms with Gasteiger partial charge in [0.05, 0.1) is 11.3 Å². The predicted molar refractivity (Wildman–Crippen MR) is 84.3 cm³/mol. The molecule has 0 unspecified atom stereocenters. The van der Waals surface area contributed by atoms with Crippen molar-refractivity contribution in [2.75, 3.05) is 5.32 Å². The van der Waals surface area contributed by atoms with Gasteiger partial charge in [0.1, 0.15) is 16.8 Å². The van der Waals surface area contributed by atoms with Crippen molar-refractivity contribution >= 4 is 27.5 Å². The third kappa shape index (κ3) is 2.44. The van der Waals surface area contributed by atoms with Gasteiger partial charge in [0.2, 0.25) is 5.91 Å². The molecular weight excluding hydrogens is 335 g/mol. The molecule has 0 spiro atoms. The molecule has 2 aromatic carbocycles. The summed E-state index contributed by atoms with van der Waals surface area (Å²) in [5.74, 6) is -2.23. The van der Waals surface area contributed by atoms with Crippen LogP contribution in [0.4, 0.5) is 10.1 Å². The summed E-state index contributed by atoms with van der Waals surface area (Å²) in [5, 5.41) is 2.30. The summed E-state index contributed by atoms with van der Waals surface area (Å²) in [6.07, 6.45) is 0. The fourth-order valence-electron chi connectivity index (χ4n) is 2.49. The number of para-hydroxylation sites is 1. The molecule has 124 valence electrons. The Hall–Kier alpha value is -2.74. The topological polar surface area (TPSA) is 83.6 Å². The molecule has 2 aromatic rings. The highest BCUT2D eigenvalue weighted by molar-refractivity contribution is 7.90. The first-order valence-corrected chi connectivity index (χ1v) is 8.51. The largest absolute Gasteiger partial charge is 0.322 e. The number of fused-ring (bicyclic) bond motifs is 1. The Labute approximate surface area is 138 Å². The molecule has 8 heteroatoms. The van der Waals surface area contributed by atoms with Crippen molar-refractivity contribution in [1.29, 1.82) is 0 Å². The highest BCUT2D eigenvalue weighted by atomic mass is 32.2. The van der Waals surface area contributed by atoms with Crippen molar-refractivity contribution in [1.82, 2.24) is 4.31 Å². The Morgan fingerprint density at radius 3 is 2.42 bits per heavy atom. The number of halogens is 1. The van der Waals surface area contributed by atoms with Gasteiger partial charge < -0.3 is 5.32 Å². The quantitative estimate of drug-likeness (QED) is 0.919. The number of sulfonamides is 1. The van der Waals surface area contributed by atoms with Crippen molar-refractivity contribution in [2.24, 2.45) is 0 Å². The average Bonchev–Trinajstić information content (AvgIpc) is 2.76. The van der Waals surface area contributed by atoms with E-state index in [9.17, 15) is 22.4 Å². The van der Waals surface area contributed by atoms with E-state index in [0.29, 0.717) is 4.31 Å². The van der Waals surface area contributed by atoms with E-state index < -0.39 is 33.7 Å². The summed E-state index contributed by atoms with van der Waals surface area (Å²) in [6.45, 7) is 1.28. The summed E-state index contributed by atoms with van der Waals surface area (Å²) in [6, 6.07) is 9.89. The van der Waals surface area contributed by atoms with Gasteiger partial charge in [0, 0.05) is 0 Å². The lowest BCUT2D eigenvalue weighted by molar-refractivity contribution is -0.118. The van der Waals surface area contributed by atoms with Crippen LogP contribution in [-0.2, 0) is 14.8 Å². The molecule has 0 bridgehead atoms. The van der Waals surface area contributed by atoms with Gasteiger partial charge in [0.25, 0.3) is 15.9 Å². The molecule has 0 fully saturated rings. The molecule has 0 saturated heterocycles. The molecule has 1 aliphatic heterocycles. The van der Waals surface area contributed by atoms with Crippen LogP contribution >= 0.6 is 0 Å². The molecule has 0 aliphatic carbocycles. The second kappa shape index (κ2) is 5.72. The number of hydrogen-bond donors (Lipinski definition) is 1. The maximum absolute atomic E-state index is 13.6. The first-order chi connectivity index (χ1) is 11.3. The first kappa shape index (κ1) is 16.1. The number of nitrogens with zero attached hydrogens (tertiary/aromatic N) is 1. The van der Waals surface area contributed by atoms with Gasteiger partial charge in [-0.15, -0.1) is 0 Å². The molecule has 24 heavy (non-hydrogen) atoms. The van der Waals surface area contributed by atoms with E-state index in [-0.39, 0.29) is 16.1 Å². The normalized spacial score (nSPS) is 16.6. The van der Waals surface area contributed by atoms with Gasteiger partial charge in [-0.25, -0.2) is 17.1 Å². The molecular formula is C16H13FN2O4S. The van der Waals surface area contributed by atoms with Gasteiger partial charge in [0.15, 0.2) is 0 Å². The standard InChI is InChI=1S/C16H13FN2O4S/c1-10(15(20)18-13-8-4-3-7-12(13)17)19-16(21)11-6-2-5-9-14(11)24(19,22)23/h2-10H,1H3,(H,18,20)/t10-/m0/s1. The van der Waals surface area contributed by atoms with Crippen LogP contribution < -0.4 is 5.32 Å². The zero-order valence-electron chi connectivity index (χ0n) is 12.6. The molecule has 1 atom stereocenters. The zero-order valence-corrected chi connectivity index (χ0v) is 13.4. The number of benzene rings is 2. The van der Waals surface area contributed by atoms with E-state index >= 15 is 0 Å². The van der Waals surface area contributed by atoms with Crippen LogP contribution in [-0.4, -0.2) is 30.6 Å². The number of hydrogen-bond acceptors (Lipinski definition) is 4. The lowest BCUT2D eigenvalue weighted by Gasteiger charge is -2.22. The molecule has 0 radical (unpaired) electrons. The fourth-order valence-corrected chi connectivity index (χ4v) is 4.22. The number of carbonyl (C=O) groups excluding carboxylic acids is 2. The van der Waals surface area contributed by atoms with Crippen molar-refractivity contribution in [3.05, 3.63) is 59.9 Å². The second-order valence-corrected chi connectivity index (χ2v) is 7.03. The van der Waals surface area contributed by atoms with E-state index in [4.69, 9.17) is 0 Å². The molecule has 1 N–H and O–H groups in total. The molecule has 1 aliphatic rings. The summed E-state index contributed by atoms with van der Waals surface area (Å²) < 4.78 is 39.2. The number of carbonyl (C=O) groups is 2. The fraction of sp³-hybridized carbons (Fsp3) is 0.125. The molecule has 0 saturated carbocycles. The van der Waals surface area contributed by atoms with Crippen molar-refractivity contribution in [3.8, 4) is 0 Å². The van der Waals surface area contributed by atoms with Gasteiger partial charge >= 0.3 is 0 Å². The average molecular weight is 348 g/mol. The molecule has 3 rings (SSSR count). The second-order valence-electron chi connectivity index (χ2n) is 5.25. The summed E-state index contributed by atoms with van der Waals surface area (Å²) in [5.41, 5.74) is -0.0704. The third-order valence-corrected chi connectivity index (χ3v) is 5.63. The number of nitrogens with one attached hydrogen (secondary N) is 1. The van der Waals surface area contributed by atoms with E-state index in [1.54, 1.807) is 6.07 Å². The number of rotatable bonds is 3. The van der Waals surface area contributed by atoms with Crippen molar-refractivity contribution < 1.29 is 22.4 Å². The summed E-state index contributed by atoms with van der Waals surface area (Å²) in [7, 11) is -4.11. The molecule has 1 heterocycles. The van der Waals surface area contributed by atoms with Crippen LogP contribution in [0.25, 0.3) is 0 Å².